The van der Waals surface area contributed by atoms with Gasteiger partial charge in [0.05, 0.1) is 43.5 Å². The van der Waals surface area contributed by atoms with Crippen LogP contribution in [0.5, 0.6) is 0 Å². The van der Waals surface area contributed by atoms with Crippen molar-refractivity contribution in [1.29, 1.82) is 5.26 Å². The fourth-order valence-electron chi connectivity index (χ4n) is 4.50. The number of hydrogen-bond acceptors (Lipinski definition) is 7. The largest absolute Gasteiger partial charge is 0.466 e. The number of rotatable bonds is 8. The normalized spacial score (nSPS) is 15.0. The van der Waals surface area contributed by atoms with E-state index < -0.39 is 5.97 Å². The molecule has 0 radical (unpaired) electrons. The van der Waals surface area contributed by atoms with Crippen molar-refractivity contribution in [3.05, 3.63) is 31.0 Å². The molecule has 1 saturated carbocycles. The van der Waals surface area contributed by atoms with E-state index in [1.54, 1.807) is 25.4 Å². The standard InChI is InChI=1S/C23H26N6O3/c1-2-32-21(31)8-7-20(30)28-12-10-18-22(25-15-26-23(18)28)17-13-27-29(14-17)19(9-11-24)16-5-3-4-6-16/h10,12-16,19H,2-9H2,1H3/t19-/m1/s1. The van der Waals surface area contributed by atoms with Gasteiger partial charge in [-0.15, -0.1) is 0 Å². The molecule has 1 atom stereocenters. The SMILES string of the molecule is CCOC(=O)CCC(=O)n1ccc2c(-c3cnn([C@H](CC#N)C4CCCC4)c3)ncnc21. The molecule has 3 heterocycles. The van der Waals surface area contributed by atoms with Crippen molar-refractivity contribution in [1.82, 2.24) is 24.3 Å². The smallest absolute Gasteiger partial charge is 0.306 e. The van der Waals surface area contributed by atoms with E-state index in [0.717, 1.165) is 23.8 Å². The molecule has 0 aliphatic heterocycles. The van der Waals surface area contributed by atoms with Crippen LogP contribution in [0.1, 0.15) is 62.7 Å². The molecule has 0 saturated heterocycles. The predicted molar refractivity (Wildman–Crippen MR) is 116 cm³/mol. The summed E-state index contributed by atoms with van der Waals surface area (Å²) in [7, 11) is 0. The highest BCUT2D eigenvalue weighted by molar-refractivity contribution is 5.97. The van der Waals surface area contributed by atoms with Crippen LogP contribution in [0.15, 0.2) is 31.0 Å². The fourth-order valence-corrected chi connectivity index (χ4v) is 4.50. The van der Waals surface area contributed by atoms with E-state index in [1.807, 2.05) is 10.9 Å². The molecule has 0 spiro atoms. The maximum absolute atomic E-state index is 12.6. The molecule has 1 aliphatic carbocycles. The predicted octanol–water partition coefficient (Wildman–Crippen LogP) is 3.92. The second kappa shape index (κ2) is 9.73. The molecule has 9 nitrogen and oxygen atoms in total. The zero-order valence-corrected chi connectivity index (χ0v) is 18.1. The lowest BCUT2D eigenvalue weighted by Gasteiger charge is -2.21. The van der Waals surface area contributed by atoms with E-state index in [1.165, 1.54) is 23.7 Å². The molecule has 0 aromatic carbocycles. The number of fused-ring (bicyclic) bond motifs is 1. The highest BCUT2D eigenvalue weighted by Crippen LogP contribution is 2.36. The molecule has 1 aliphatic rings. The Kier molecular flexibility index (Phi) is 6.59. The van der Waals surface area contributed by atoms with Crippen LogP contribution in [0.25, 0.3) is 22.3 Å². The van der Waals surface area contributed by atoms with Gasteiger partial charge in [0, 0.05) is 29.8 Å². The van der Waals surface area contributed by atoms with Crippen molar-refractivity contribution in [3.8, 4) is 17.3 Å². The Bertz CT molecular complexity index is 1150. The van der Waals surface area contributed by atoms with Gasteiger partial charge < -0.3 is 4.74 Å². The van der Waals surface area contributed by atoms with Crippen LogP contribution in [0, 0.1) is 17.2 Å². The van der Waals surface area contributed by atoms with Crippen molar-refractivity contribution in [2.75, 3.05) is 6.61 Å². The second-order valence-corrected chi connectivity index (χ2v) is 8.03. The minimum absolute atomic E-state index is 0.0263. The first-order valence-electron chi connectivity index (χ1n) is 11.0. The van der Waals surface area contributed by atoms with Crippen molar-refractivity contribution >= 4 is 22.9 Å². The first-order chi connectivity index (χ1) is 15.6. The summed E-state index contributed by atoms with van der Waals surface area (Å²) >= 11 is 0. The Morgan fingerprint density at radius 2 is 2.09 bits per heavy atom. The molecule has 9 heteroatoms. The van der Waals surface area contributed by atoms with Crippen LogP contribution < -0.4 is 0 Å². The van der Waals surface area contributed by atoms with Crippen LogP contribution in [0.4, 0.5) is 0 Å². The van der Waals surface area contributed by atoms with Crippen LogP contribution in [0.2, 0.25) is 0 Å². The maximum Gasteiger partial charge on any atom is 0.306 e. The monoisotopic (exact) mass is 434 g/mol. The number of ether oxygens (including phenoxy) is 1. The van der Waals surface area contributed by atoms with E-state index in [9.17, 15) is 14.9 Å². The Hall–Kier alpha value is -3.54. The van der Waals surface area contributed by atoms with E-state index >= 15 is 0 Å². The number of carbonyl (C=O) groups is 2. The lowest BCUT2D eigenvalue weighted by atomic mass is 9.96. The van der Waals surface area contributed by atoms with Crippen molar-refractivity contribution in [2.24, 2.45) is 5.92 Å². The van der Waals surface area contributed by atoms with Crippen molar-refractivity contribution < 1.29 is 14.3 Å². The van der Waals surface area contributed by atoms with Gasteiger partial charge in [-0.3, -0.25) is 18.8 Å². The summed E-state index contributed by atoms with van der Waals surface area (Å²) in [5, 5.41) is 14.6. The van der Waals surface area contributed by atoms with Gasteiger partial charge in [-0.05, 0) is 31.7 Å². The third-order valence-electron chi connectivity index (χ3n) is 6.06. The molecule has 0 unspecified atom stereocenters. The summed E-state index contributed by atoms with van der Waals surface area (Å²) in [5.74, 6) is -0.163. The van der Waals surface area contributed by atoms with E-state index in [2.05, 4.69) is 21.1 Å². The third kappa shape index (κ3) is 4.40. The fraction of sp³-hybridized carbons (Fsp3) is 0.478. The Balaban J connectivity index is 1.59. The highest BCUT2D eigenvalue weighted by Gasteiger charge is 2.27. The van der Waals surface area contributed by atoms with Gasteiger partial charge in [-0.1, -0.05) is 12.8 Å². The minimum atomic E-state index is -0.394. The van der Waals surface area contributed by atoms with Crippen molar-refractivity contribution in [3.63, 3.8) is 0 Å². The first kappa shape index (κ1) is 21.7. The molecule has 0 N–H and O–H groups in total. The highest BCUT2D eigenvalue weighted by atomic mass is 16.5. The quantitative estimate of drug-likeness (QED) is 0.493. The maximum atomic E-state index is 12.6. The first-order valence-corrected chi connectivity index (χ1v) is 11.0. The summed E-state index contributed by atoms with van der Waals surface area (Å²) < 4.78 is 8.23. The van der Waals surface area contributed by atoms with Gasteiger partial charge in [0.25, 0.3) is 0 Å². The number of esters is 1. The van der Waals surface area contributed by atoms with Crippen molar-refractivity contribution in [2.45, 2.75) is 57.9 Å². The van der Waals surface area contributed by atoms with Crippen LogP contribution in [-0.4, -0.2) is 42.8 Å². The Morgan fingerprint density at radius 1 is 1.28 bits per heavy atom. The number of aromatic nitrogens is 5. The number of nitrogens with zero attached hydrogens (tertiary/aromatic N) is 6. The molecular weight excluding hydrogens is 408 g/mol. The lowest BCUT2D eigenvalue weighted by molar-refractivity contribution is -0.143. The number of nitriles is 1. The summed E-state index contributed by atoms with van der Waals surface area (Å²) in [6.45, 7) is 2.02. The average Bonchev–Trinajstić information content (AvgIpc) is 3.56. The van der Waals surface area contributed by atoms with E-state index in [4.69, 9.17) is 4.74 Å². The van der Waals surface area contributed by atoms with Gasteiger partial charge in [-0.2, -0.15) is 10.4 Å². The summed E-state index contributed by atoms with van der Waals surface area (Å²) in [6, 6.07) is 4.16. The zero-order valence-electron chi connectivity index (χ0n) is 18.1. The number of hydrogen-bond donors (Lipinski definition) is 0. The third-order valence-corrected chi connectivity index (χ3v) is 6.06. The molecule has 1 fully saturated rings. The summed E-state index contributed by atoms with van der Waals surface area (Å²) in [5.41, 5.74) is 1.98. The minimum Gasteiger partial charge on any atom is -0.466 e. The van der Waals surface area contributed by atoms with Gasteiger partial charge in [-0.25, -0.2) is 9.97 Å². The topological polar surface area (TPSA) is 116 Å². The van der Waals surface area contributed by atoms with E-state index in [-0.39, 0.29) is 24.8 Å². The van der Waals surface area contributed by atoms with Crippen LogP contribution in [-0.2, 0) is 9.53 Å². The van der Waals surface area contributed by atoms with Gasteiger partial charge >= 0.3 is 5.97 Å². The molecule has 0 bridgehead atoms. The molecule has 3 aromatic heterocycles. The molecule has 32 heavy (non-hydrogen) atoms. The van der Waals surface area contributed by atoms with Gasteiger partial charge in [0.2, 0.25) is 5.91 Å². The molecular formula is C23H26N6O3. The Morgan fingerprint density at radius 3 is 2.84 bits per heavy atom. The summed E-state index contributed by atoms with van der Waals surface area (Å²) in [6.07, 6.45) is 11.9. The molecule has 3 aromatic rings. The lowest BCUT2D eigenvalue weighted by Crippen LogP contribution is -2.17. The van der Waals surface area contributed by atoms with Crippen LogP contribution in [0.3, 0.4) is 0 Å². The summed E-state index contributed by atoms with van der Waals surface area (Å²) in [4.78, 5) is 32.9. The van der Waals surface area contributed by atoms with Gasteiger partial charge in [0.15, 0.2) is 5.65 Å². The molecule has 166 valence electrons. The van der Waals surface area contributed by atoms with Crippen LogP contribution >= 0.6 is 0 Å². The van der Waals surface area contributed by atoms with Gasteiger partial charge in [0.1, 0.15) is 6.33 Å². The van der Waals surface area contributed by atoms with E-state index in [0.29, 0.717) is 30.3 Å². The molecule has 4 rings (SSSR count). The zero-order chi connectivity index (χ0) is 22.5. The Labute approximate surface area is 186 Å². The number of carbonyl (C=O) groups excluding carboxylic acids is 2. The second-order valence-electron chi connectivity index (χ2n) is 8.03. The average molecular weight is 435 g/mol. The molecule has 0 amide bonds.